The van der Waals surface area contributed by atoms with Crippen LogP contribution in [0.15, 0.2) is 60.7 Å². The Bertz CT molecular complexity index is 427. The van der Waals surface area contributed by atoms with Crippen molar-refractivity contribution in [3.8, 4) is 0 Å². The summed E-state index contributed by atoms with van der Waals surface area (Å²) in [6, 6.07) is 20.8. The molecule has 2 atom stereocenters. The largest absolute Gasteiger partial charge is 0.329 e. The molecule has 4 N–H and O–H groups in total. The minimum Gasteiger partial charge on any atom is -0.329 e. The molecule has 0 saturated heterocycles. The molecule has 100 valence electrons. The van der Waals surface area contributed by atoms with Crippen molar-refractivity contribution in [1.29, 1.82) is 0 Å². The van der Waals surface area contributed by atoms with Crippen LogP contribution in [0.5, 0.6) is 0 Å². The maximum atomic E-state index is 5.92. The fraction of sp³-hybridized carbons (Fsp3) is 0.250. The zero-order valence-electron chi connectivity index (χ0n) is 10.9. The summed E-state index contributed by atoms with van der Waals surface area (Å²) < 4.78 is 0. The van der Waals surface area contributed by atoms with Gasteiger partial charge < -0.3 is 11.5 Å². The van der Waals surface area contributed by atoms with Crippen LogP contribution in [0.4, 0.5) is 0 Å². The first kappa shape index (κ1) is 14.1. The molecular weight excluding hydrogens is 252 g/mol. The highest BCUT2D eigenvalue weighted by Crippen LogP contribution is 2.39. The van der Waals surface area contributed by atoms with Crippen LogP contribution in [-0.2, 0) is 0 Å². The monoisotopic (exact) mass is 272 g/mol. The van der Waals surface area contributed by atoms with E-state index in [0.717, 1.165) is 0 Å². The summed E-state index contributed by atoms with van der Waals surface area (Å²) in [5, 5.41) is 0.574. The van der Waals surface area contributed by atoms with Gasteiger partial charge in [-0.2, -0.15) is 0 Å². The Morgan fingerprint density at radius 3 is 1.37 bits per heavy atom. The molecule has 3 heteroatoms. The van der Waals surface area contributed by atoms with E-state index in [9.17, 15) is 0 Å². The van der Waals surface area contributed by atoms with Gasteiger partial charge in [-0.1, -0.05) is 60.7 Å². The normalized spacial score (nSPS) is 14.0. The van der Waals surface area contributed by atoms with Gasteiger partial charge in [-0.25, -0.2) is 0 Å². The number of rotatable bonds is 6. The Balaban J connectivity index is 2.13. The topological polar surface area (TPSA) is 52.0 Å². The number of benzene rings is 2. The maximum Gasteiger partial charge on any atom is 0.0426 e. The van der Waals surface area contributed by atoms with E-state index in [2.05, 4.69) is 48.5 Å². The first-order valence-corrected chi connectivity index (χ1v) is 7.45. The molecule has 0 heterocycles. The highest BCUT2D eigenvalue weighted by Gasteiger charge is 2.17. The lowest BCUT2D eigenvalue weighted by Gasteiger charge is -2.22. The molecule has 0 aliphatic rings. The molecule has 0 saturated carbocycles. The van der Waals surface area contributed by atoms with Crippen molar-refractivity contribution in [1.82, 2.24) is 0 Å². The van der Waals surface area contributed by atoms with Gasteiger partial charge in [0, 0.05) is 23.6 Å². The van der Waals surface area contributed by atoms with Crippen molar-refractivity contribution in [2.45, 2.75) is 10.5 Å². The summed E-state index contributed by atoms with van der Waals surface area (Å²) >= 11 is 1.85. The van der Waals surface area contributed by atoms with Crippen molar-refractivity contribution in [2.75, 3.05) is 13.1 Å². The molecule has 0 bridgehead atoms. The second-order valence-electron chi connectivity index (χ2n) is 4.41. The number of nitrogens with two attached hydrogens (primary N) is 2. The second kappa shape index (κ2) is 7.34. The summed E-state index contributed by atoms with van der Waals surface area (Å²) in [6.45, 7) is 1.25. The third-order valence-corrected chi connectivity index (χ3v) is 4.69. The number of hydrogen-bond acceptors (Lipinski definition) is 3. The fourth-order valence-corrected chi connectivity index (χ4v) is 3.32. The van der Waals surface area contributed by atoms with Crippen LogP contribution in [0, 0.1) is 0 Å². The molecule has 0 aliphatic heterocycles. The van der Waals surface area contributed by atoms with Crippen LogP contribution in [0.25, 0.3) is 0 Å². The maximum absolute atomic E-state index is 5.92. The van der Waals surface area contributed by atoms with Crippen LogP contribution in [-0.4, -0.2) is 13.1 Å². The molecule has 0 radical (unpaired) electrons. The van der Waals surface area contributed by atoms with Crippen LogP contribution in [0.2, 0.25) is 0 Å². The van der Waals surface area contributed by atoms with E-state index in [1.807, 2.05) is 23.9 Å². The number of thioether (sulfide) groups is 1. The molecule has 0 amide bonds. The van der Waals surface area contributed by atoms with Crippen LogP contribution in [0.1, 0.15) is 21.6 Å². The molecule has 2 rings (SSSR count). The van der Waals surface area contributed by atoms with Crippen molar-refractivity contribution in [2.24, 2.45) is 11.5 Å². The smallest absolute Gasteiger partial charge is 0.0426 e. The van der Waals surface area contributed by atoms with Gasteiger partial charge in [0.1, 0.15) is 0 Å². The molecule has 2 aromatic rings. The molecule has 2 nitrogen and oxygen atoms in total. The Hall–Kier alpha value is -1.29. The summed E-state index contributed by atoms with van der Waals surface area (Å²) in [4.78, 5) is 0. The second-order valence-corrected chi connectivity index (χ2v) is 5.82. The van der Waals surface area contributed by atoms with Gasteiger partial charge in [0.05, 0.1) is 0 Å². The highest BCUT2D eigenvalue weighted by molar-refractivity contribution is 7.99. The zero-order valence-corrected chi connectivity index (χ0v) is 11.7. The minimum absolute atomic E-state index is 0.287. The van der Waals surface area contributed by atoms with Gasteiger partial charge in [-0.05, 0) is 11.1 Å². The van der Waals surface area contributed by atoms with Gasteiger partial charge in [-0.3, -0.25) is 0 Å². The molecule has 0 aliphatic carbocycles. The van der Waals surface area contributed by atoms with Crippen molar-refractivity contribution in [3.63, 3.8) is 0 Å². The Kier molecular flexibility index (Phi) is 5.45. The van der Waals surface area contributed by atoms with Gasteiger partial charge in [0.25, 0.3) is 0 Å². The Labute approximate surface area is 119 Å². The molecule has 19 heavy (non-hydrogen) atoms. The molecular formula is C16H20N2S. The quantitative estimate of drug-likeness (QED) is 0.849. The van der Waals surface area contributed by atoms with Crippen LogP contribution < -0.4 is 11.5 Å². The van der Waals surface area contributed by atoms with E-state index >= 15 is 0 Å². The lowest BCUT2D eigenvalue weighted by atomic mass is 10.1. The third kappa shape index (κ3) is 3.83. The zero-order chi connectivity index (χ0) is 13.5. The SMILES string of the molecule is NC[C@H](S[C@H](CN)c1ccccc1)c1ccccc1. The highest BCUT2D eigenvalue weighted by atomic mass is 32.2. The molecule has 0 fully saturated rings. The van der Waals surface area contributed by atoms with E-state index in [1.165, 1.54) is 11.1 Å². The average molecular weight is 272 g/mol. The third-order valence-electron chi connectivity index (χ3n) is 3.10. The molecule has 2 aromatic carbocycles. The van der Waals surface area contributed by atoms with Crippen molar-refractivity contribution >= 4 is 11.8 Å². The fourth-order valence-electron chi connectivity index (χ4n) is 2.07. The first-order valence-electron chi connectivity index (χ1n) is 6.50. The van der Waals surface area contributed by atoms with E-state index < -0.39 is 0 Å². The number of hydrogen-bond donors (Lipinski definition) is 2. The van der Waals surface area contributed by atoms with E-state index in [4.69, 9.17) is 11.5 Å². The van der Waals surface area contributed by atoms with Gasteiger partial charge in [-0.15, -0.1) is 11.8 Å². The van der Waals surface area contributed by atoms with Crippen LogP contribution >= 0.6 is 11.8 Å². The van der Waals surface area contributed by atoms with E-state index in [0.29, 0.717) is 13.1 Å². The predicted octanol–water partition coefficient (Wildman–Crippen LogP) is 3.12. The van der Waals surface area contributed by atoms with Crippen molar-refractivity contribution < 1.29 is 0 Å². The summed E-state index contributed by atoms with van der Waals surface area (Å²) in [7, 11) is 0. The first-order chi connectivity index (χ1) is 9.35. The molecule has 0 unspecified atom stereocenters. The van der Waals surface area contributed by atoms with Gasteiger partial charge in [0.15, 0.2) is 0 Å². The van der Waals surface area contributed by atoms with E-state index in [1.54, 1.807) is 0 Å². The van der Waals surface area contributed by atoms with Gasteiger partial charge in [0.2, 0.25) is 0 Å². The Morgan fingerprint density at radius 2 is 1.05 bits per heavy atom. The van der Waals surface area contributed by atoms with Crippen molar-refractivity contribution in [3.05, 3.63) is 71.8 Å². The molecule has 0 aromatic heterocycles. The minimum atomic E-state index is 0.287. The Morgan fingerprint density at radius 1 is 0.684 bits per heavy atom. The summed E-state index contributed by atoms with van der Waals surface area (Å²) in [6.07, 6.45) is 0. The van der Waals surface area contributed by atoms with Crippen LogP contribution in [0.3, 0.4) is 0 Å². The molecule has 0 spiro atoms. The van der Waals surface area contributed by atoms with Gasteiger partial charge >= 0.3 is 0 Å². The summed E-state index contributed by atoms with van der Waals surface area (Å²) in [5.74, 6) is 0. The average Bonchev–Trinajstić information content (AvgIpc) is 2.50. The summed E-state index contributed by atoms with van der Waals surface area (Å²) in [5.41, 5.74) is 14.4. The predicted molar refractivity (Wildman–Crippen MR) is 84.1 cm³/mol. The lowest BCUT2D eigenvalue weighted by Crippen LogP contribution is -2.15. The standard InChI is InChI=1S/C16H20N2S/c17-11-15(13-7-3-1-4-8-13)19-16(12-18)14-9-5-2-6-10-14/h1-10,15-16H,11-12,17-18H2/t15-,16+. The van der Waals surface area contributed by atoms with E-state index in [-0.39, 0.29) is 10.5 Å². The lowest BCUT2D eigenvalue weighted by molar-refractivity contribution is 0.894.